The maximum atomic E-state index is 13.7. The zero-order valence-corrected chi connectivity index (χ0v) is 25.9. The number of aromatic amines is 1. The summed E-state index contributed by atoms with van der Waals surface area (Å²) in [5.41, 5.74) is 4.41. The monoisotopic (exact) mass is 645 g/mol. The highest BCUT2D eigenvalue weighted by atomic mass is 35.5. The zero-order valence-electron chi connectivity index (χ0n) is 22.8. The van der Waals surface area contributed by atoms with Crippen molar-refractivity contribution >= 4 is 50.5 Å². The van der Waals surface area contributed by atoms with Crippen molar-refractivity contribution in [3.8, 4) is 28.1 Å². The minimum Gasteiger partial charge on any atom is -0.335 e. The predicted molar refractivity (Wildman–Crippen MR) is 164 cm³/mol. The normalized spacial score (nSPS) is 14.0. The number of hydrogen-bond donors (Lipinski definition) is 3. The molecule has 1 fully saturated rings. The number of sulfonamides is 1. The Hall–Kier alpha value is -3.18. The van der Waals surface area contributed by atoms with Crippen LogP contribution in [0.3, 0.4) is 0 Å². The van der Waals surface area contributed by atoms with Crippen molar-refractivity contribution in [3.05, 3.63) is 69.0 Å². The van der Waals surface area contributed by atoms with Crippen LogP contribution in [0.25, 0.3) is 16.3 Å². The van der Waals surface area contributed by atoms with Gasteiger partial charge >= 0.3 is 0 Å². The molecule has 10 nitrogen and oxygen atoms in total. The quantitative estimate of drug-likeness (QED) is 0.210. The van der Waals surface area contributed by atoms with Gasteiger partial charge < -0.3 is 4.98 Å². The first kappa shape index (κ1) is 30.3. The van der Waals surface area contributed by atoms with E-state index >= 15 is 0 Å². The van der Waals surface area contributed by atoms with Gasteiger partial charge in [-0.1, -0.05) is 48.4 Å². The number of H-pyrrole nitrogens is 1. The average molecular weight is 647 g/mol. The molecule has 0 radical (unpaired) electrons. The molecule has 0 spiro atoms. The Labute approximate surface area is 258 Å². The van der Waals surface area contributed by atoms with Gasteiger partial charge in [0.25, 0.3) is 15.9 Å². The summed E-state index contributed by atoms with van der Waals surface area (Å²) in [4.78, 5) is 21.7. The van der Waals surface area contributed by atoms with Crippen molar-refractivity contribution in [2.24, 2.45) is 0 Å². The number of hydrazine groups is 1. The summed E-state index contributed by atoms with van der Waals surface area (Å²) in [7, 11) is -3.97. The molecule has 1 aromatic carbocycles. The number of nitrogens with zero attached hydrogens (tertiary/aromatic N) is 4. The van der Waals surface area contributed by atoms with Crippen LogP contribution in [0.5, 0.6) is 0 Å². The van der Waals surface area contributed by atoms with Crippen molar-refractivity contribution in [3.63, 3.8) is 0 Å². The summed E-state index contributed by atoms with van der Waals surface area (Å²) in [6.45, 7) is 3.28. The number of benzene rings is 1. The third-order valence-corrected chi connectivity index (χ3v) is 9.45. The first-order chi connectivity index (χ1) is 20.3. The van der Waals surface area contributed by atoms with Gasteiger partial charge in [-0.15, -0.1) is 11.3 Å². The minimum absolute atomic E-state index is 0.0703. The van der Waals surface area contributed by atoms with E-state index in [0.717, 1.165) is 54.9 Å². The second-order valence-electron chi connectivity index (χ2n) is 9.63. The summed E-state index contributed by atoms with van der Waals surface area (Å²) >= 11 is 14.2. The summed E-state index contributed by atoms with van der Waals surface area (Å²) in [5.74, 6) is 5.89. The molecular formula is C28H29Cl2N7O3S2. The Bertz CT molecular complexity index is 1730. The van der Waals surface area contributed by atoms with Gasteiger partial charge in [0.2, 0.25) is 0 Å². The molecule has 0 aliphatic carbocycles. The largest absolute Gasteiger partial charge is 0.335 e. The highest BCUT2D eigenvalue weighted by Crippen LogP contribution is 2.36. The summed E-state index contributed by atoms with van der Waals surface area (Å²) < 4.78 is 30.3. The second-order valence-corrected chi connectivity index (χ2v) is 13.3. The number of unbranched alkanes of at least 4 members (excludes halogenated alkanes) is 1. The lowest BCUT2D eigenvalue weighted by Gasteiger charge is -2.26. The molecule has 42 heavy (non-hydrogen) atoms. The Morgan fingerprint density at radius 1 is 1.17 bits per heavy atom. The van der Waals surface area contributed by atoms with E-state index in [1.807, 2.05) is 17.1 Å². The number of carbonyl (C=O) groups is 1. The van der Waals surface area contributed by atoms with Gasteiger partial charge in [-0.2, -0.15) is 5.10 Å². The number of amides is 1. The molecule has 0 unspecified atom stereocenters. The number of halogens is 2. The van der Waals surface area contributed by atoms with Gasteiger partial charge in [-0.25, -0.2) is 27.8 Å². The van der Waals surface area contributed by atoms with E-state index in [0.29, 0.717) is 27.0 Å². The van der Waals surface area contributed by atoms with Crippen molar-refractivity contribution in [2.75, 3.05) is 13.1 Å². The topological polar surface area (TPSA) is 125 Å². The van der Waals surface area contributed by atoms with Crippen LogP contribution < -0.4 is 10.1 Å². The van der Waals surface area contributed by atoms with Crippen molar-refractivity contribution in [1.29, 1.82) is 0 Å². The van der Waals surface area contributed by atoms with Gasteiger partial charge in [0.15, 0.2) is 10.7 Å². The molecule has 14 heteroatoms. The van der Waals surface area contributed by atoms with Crippen molar-refractivity contribution in [2.45, 2.75) is 50.6 Å². The van der Waals surface area contributed by atoms with E-state index in [2.05, 4.69) is 38.9 Å². The van der Waals surface area contributed by atoms with Crippen LogP contribution >= 0.6 is 34.5 Å². The number of rotatable bonds is 9. The molecule has 0 saturated carbocycles. The van der Waals surface area contributed by atoms with E-state index in [1.54, 1.807) is 22.9 Å². The molecule has 0 atom stereocenters. The molecule has 3 aromatic heterocycles. The smallest absolute Gasteiger partial charge is 0.286 e. The Balaban J connectivity index is 1.65. The summed E-state index contributed by atoms with van der Waals surface area (Å²) in [6, 6.07) is 8.76. The highest BCUT2D eigenvalue weighted by Gasteiger charge is 2.29. The number of thiophene rings is 1. The van der Waals surface area contributed by atoms with E-state index in [1.165, 1.54) is 23.9 Å². The third kappa shape index (κ3) is 6.89. The predicted octanol–water partition coefficient (Wildman–Crippen LogP) is 5.39. The highest BCUT2D eigenvalue weighted by molar-refractivity contribution is 7.89. The number of aromatic nitrogens is 4. The minimum atomic E-state index is -3.97. The number of nitrogens with one attached hydrogen (secondary N) is 3. The van der Waals surface area contributed by atoms with Crippen molar-refractivity contribution in [1.82, 2.24) is 34.9 Å². The van der Waals surface area contributed by atoms with Crippen LogP contribution in [0.1, 0.15) is 60.0 Å². The van der Waals surface area contributed by atoms with Crippen LogP contribution in [-0.4, -0.2) is 52.2 Å². The third-order valence-electron chi connectivity index (χ3n) is 6.58. The maximum absolute atomic E-state index is 13.7. The van der Waals surface area contributed by atoms with Gasteiger partial charge in [-0.3, -0.25) is 10.2 Å². The van der Waals surface area contributed by atoms with Gasteiger partial charge in [-0.05, 0) is 49.6 Å². The molecule has 1 aliphatic rings. The van der Waals surface area contributed by atoms with Crippen LogP contribution in [0.15, 0.2) is 47.9 Å². The lowest BCUT2D eigenvalue weighted by atomic mass is 10.1. The van der Waals surface area contributed by atoms with Gasteiger partial charge in [0.05, 0.1) is 38.7 Å². The zero-order chi connectivity index (χ0) is 29.7. The van der Waals surface area contributed by atoms with Gasteiger partial charge in [0, 0.05) is 36.6 Å². The van der Waals surface area contributed by atoms with Crippen molar-refractivity contribution < 1.29 is 13.2 Å². The number of imidazole rings is 1. The van der Waals surface area contributed by atoms with E-state index in [4.69, 9.17) is 28.3 Å². The molecule has 1 amide bonds. The number of carbonyl (C=O) groups excluding carboxylic acids is 1. The summed E-state index contributed by atoms with van der Waals surface area (Å²) in [6.07, 6.45) is 7.25. The molecular weight excluding hydrogens is 617 g/mol. The molecule has 5 rings (SSSR count). The lowest BCUT2D eigenvalue weighted by Crippen LogP contribution is -2.45. The SMILES string of the molecule is CCCC#Cc1ccc(-c2c(CNS(=O)(=O)c3cnc[nH]3)c(C(=O)NN3CCCCC3)nn2-c2ccc(Cl)cc2Cl)s1. The fourth-order valence-electron chi connectivity index (χ4n) is 4.52. The van der Waals surface area contributed by atoms with E-state index in [9.17, 15) is 13.2 Å². The molecule has 220 valence electrons. The van der Waals surface area contributed by atoms with Crippen LogP contribution in [0.4, 0.5) is 0 Å². The fourth-order valence-corrected chi connectivity index (χ4v) is 6.85. The molecule has 1 saturated heterocycles. The molecule has 0 bridgehead atoms. The Morgan fingerprint density at radius 3 is 2.69 bits per heavy atom. The van der Waals surface area contributed by atoms with Crippen LogP contribution in [0, 0.1) is 11.8 Å². The van der Waals surface area contributed by atoms with Crippen LogP contribution in [-0.2, 0) is 16.6 Å². The Morgan fingerprint density at radius 2 is 1.98 bits per heavy atom. The molecule has 1 aliphatic heterocycles. The Kier molecular flexibility index (Phi) is 9.67. The molecule has 4 aromatic rings. The molecule has 3 N–H and O–H groups in total. The standard InChI is InChI=1S/C28H29Cl2N7O3S2/c1-2-3-5-8-20-10-12-24(41-20)27-21(16-33-42(39,40)25-17-31-18-32-25)26(28(38)35-36-13-6-4-7-14-36)34-37(27)23-11-9-19(29)15-22(23)30/h9-12,15,17-18,33H,2-4,6-7,13-14,16H2,1H3,(H,31,32)(H,35,38). The number of hydrogen-bond acceptors (Lipinski definition) is 7. The maximum Gasteiger partial charge on any atom is 0.286 e. The molecule has 4 heterocycles. The first-order valence-corrected chi connectivity index (χ1v) is 16.5. The fraction of sp³-hybridized carbons (Fsp3) is 0.321. The van der Waals surface area contributed by atoms with Gasteiger partial charge in [0.1, 0.15) is 0 Å². The average Bonchev–Trinajstić information content (AvgIpc) is 3.73. The van der Waals surface area contributed by atoms with Crippen LogP contribution in [0.2, 0.25) is 10.0 Å². The van der Waals surface area contributed by atoms with E-state index in [-0.39, 0.29) is 17.3 Å². The first-order valence-electron chi connectivity index (χ1n) is 13.5. The summed E-state index contributed by atoms with van der Waals surface area (Å²) in [5, 5.41) is 7.26. The second kappa shape index (κ2) is 13.4. The lowest BCUT2D eigenvalue weighted by molar-refractivity contribution is 0.0743. The van der Waals surface area contributed by atoms with E-state index < -0.39 is 15.9 Å². The number of piperidine rings is 1.